The van der Waals surface area contributed by atoms with E-state index < -0.39 is 22.0 Å². The van der Waals surface area contributed by atoms with Crippen LogP contribution in [-0.2, 0) is 19.1 Å². The number of hydrogen-bond donors (Lipinski definition) is 1. The number of nitrogens with one attached hydrogen (secondary N) is 1. The summed E-state index contributed by atoms with van der Waals surface area (Å²) in [5.74, 6) is -0.532. The number of carbonyl (C=O) groups is 1. The Bertz CT molecular complexity index is 519. The molecule has 1 atom stereocenters. The summed E-state index contributed by atoms with van der Waals surface area (Å²) in [5.41, 5.74) is 0.916. The van der Waals surface area contributed by atoms with Crippen molar-refractivity contribution in [3.05, 3.63) is 29.8 Å². The fourth-order valence-corrected chi connectivity index (χ4v) is 2.15. The normalized spacial score (nSPS) is 13.1. The molecule has 92 valence electrons. The number of benzene rings is 1. The molecule has 0 radical (unpaired) electrons. The zero-order valence-electron chi connectivity index (χ0n) is 9.51. The van der Waals surface area contributed by atoms with Gasteiger partial charge in [-0.15, -0.1) is 0 Å². The Labute approximate surface area is 100 Å². The van der Waals surface area contributed by atoms with Gasteiger partial charge < -0.3 is 5.41 Å². The summed E-state index contributed by atoms with van der Waals surface area (Å²) < 4.78 is 28.1. The van der Waals surface area contributed by atoms with Crippen molar-refractivity contribution < 1.29 is 17.4 Å². The van der Waals surface area contributed by atoms with Crippen LogP contribution in [0.5, 0.6) is 0 Å². The van der Waals surface area contributed by atoms with Crippen molar-refractivity contribution in [3.8, 4) is 0 Å². The number of hydrogen-bond acceptors (Lipinski definition) is 5. The first-order valence-electron chi connectivity index (χ1n) is 4.88. The van der Waals surface area contributed by atoms with E-state index in [9.17, 15) is 13.2 Å². The molecule has 0 aliphatic carbocycles. The van der Waals surface area contributed by atoms with Gasteiger partial charge in [0.25, 0.3) is 10.1 Å². The highest BCUT2D eigenvalue weighted by Crippen LogP contribution is 2.14. The zero-order valence-corrected chi connectivity index (χ0v) is 10.3. The third-order valence-corrected chi connectivity index (χ3v) is 3.40. The van der Waals surface area contributed by atoms with Crippen molar-refractivity contribution in [2.24, 2.45) is 0 Å². The van der Waals surface area contributed by atoms with E-state index in [1.54, 1.807) is 12.1 Å². The minimum absolute atomic E-state index is 0.0313. The van der Waals surface area contributed by atoms with Gasteiger partial charge >= 0.3 is 0 Å². The van der Waals surface area contributed by atoms with Gasteiger partial charge in [0.05, 0.1) is 4.90 Å². The van der Waals surface area contributed by atoms with Crippen LogP contribution in [0.3, 0.4) is 0 Å². The van der Waals surface area contributed by atoms with Crippen molar-refractivity contribution in [3.63, 3.8) is 0 Å². The third kappa shape index (κ3) is 3.47. The summed E-state index contributed by atoms with van der Waals surface area (Å²) >= 11 is 0. The topological polar surface area (TPSA) is 84.3 Å². The Morgan fingerprint density at radius 1 is 1.35 bits per heavy atom. The van der Waals surface area contributed by atoms with Gasteiger partial charge in [-0.05, 0) is 26.0 Å². The molecule has 0 amide bonds. The number of ketones is 1. The maximum Gasteiger partial charge on any atom is 0.298 e. The van der Waals surface area contributed by atoms with Crippen LogP contribution >= 0.6 is 0 Å². The Morgan fingerprint density at radius 2 is 1.88 bits per heavy atom. The second kappa shape index (κ2) is 5.20. The molecule has 0 aromatic heterocycles. The number of aryl methyl sites for hydroxylation is 1. The Balaban J connectivity index is 3.00. The minimum Gasteiger partial charge on any atom is -0.310 e. The van der Waals surface area contributed by atoms with E-state index >= 15 is 0 Å². The van der Waals surface area contributed by atoms with Gasteiger partial charge in [-0.25, -0.2) is 4.18 Å². The highest BCUT2D eigenvalue weighted by atomic mass is 32.2. The molecular formula is C11H13NO4S. The maximum atomic E-state index is 11.7. The summed E-state index contributed by atoms with van der Waals surface area (Å²) in [7, 11) is -4.01. The molecule has 0 spiro atoms. The van der Waals surface area contributed by atoms with Crippen LogP contribution in [0.25, 0.3) is 0 Å². The van der Waals surface area contributed by atoms with Gasteiger partial charge in [-0.1, -0.05) is 17.7 Å². The maximum absolute atomic E-state index is 11.7. The largest absolute Gasteiger partial charge is 0.310 e. The van der Waals surface area contributed by atoms with Crippen LogP contribution < -0.4 is 0 Å². The molecule has 0 saturated heterocycles. The molecule has 0 saturated carbocycles. The molecule has 17 heavy (non-hydrogen) atoms. The van der Waals surface area contributed by atoms with Crippen molar-refractivity contribution in [1.82, 2.24) is 0 Å². The van der Waals surface area contributed by atoms with E-state index in [0.29, 0.717) is 6.21 Å². The standard InChI is InChI=1S/C11H13NO4S/c1-8-3-5-10(6-4-8)17(14,15)16-11(7-12)9(2)13/h3-7,11-12H,1-2H3. The number of carbonyl (C=O) groups excluding carboxylic acids is 1. The Kier molecular flexibility index (Phi) is 4.14. The predicted octanol–water partition coefficient (Wildman–Crippen LogP) is 1.31. The van der Waals surface area contributed by atoms with E-state index in [1.807, 2.05) is 6.92 Å². The van der Waals surface area contributed by atoms with Crippen molar-refractivity contribution in [2.75, 3.05) is 0 Å². The molecule has 0 aliphatic rings. The molecule has 1 N–H and O–H groups in total. The second-order valence-corrected chi connectivity index (χ2v) is 5.13. The van der Waals surface area contributed by atoms with Crippen LogP contribution in [0.15, 0.2) is 29.2 Å². The van der Waals surface area contributed by atoms with E-state index in [4.69, 9.17) is 5.41 Å². The monoisotopic (exact) mass is 255 g/mol. The lowest BCUT2D eigenvalue weighted by atomic mass is 10.2. The number of rotatable bonds is 5. The average molecular weight is 255 g/mol. The highest BCUT2D eigenvalue weighted by molar-refractivity contribution is 7.86. The summed E-state index contributed by atoms with van der Waals surface area (Å²) in [4.78, 5) is 11.0. The lowest BCUT2D eigenvalue weighted by Crippen LogP contribution is -2.26. The molecule has 0 aliphatic heterocycles. The van der Waals surface area contributed by atoms with Gasteiger partial charge in [-0.2, -0.15) is 8.42 Å². The van der Waals surface area contributed by atoms with Crippen LogP contribution in [-0.4, -0.2) is 26.5 Å². The molecule has 0 bridgehead atoms. The molecule has 5 nitrogen and oxygen atoms in total. The van der Waals surface area contributed by atoms with Crippen LogP contribution in [0, 0.1) is 12.3 Å². The Hall–Kier alpha value is -1.53. The molecular weight excluding hydrogens is 242 g/mol. The van der Waals surface area contributed by atoms with Crippen molar-refractivity contribution in [2.45, 2.75) is 24.8 Å². The minimum atomic E-state index is -4.01. The summed E-state index contributed by atoms with van der Waals surface area (Å²) in [5, 5.41) is 6.93. The van der Waals surface area contributed by atoms with E-state index in [-0.39, 0.29) is 4.90 Å². The van der Waals surface area contributed by atoms with Crippen molar-refractivity contribution in [1.29, 1.82) is 5.41 Å². The molecule has 0 heterocycles. The van der Waals surface area contributed by atoms with Gasteiger partial charge in [0.2, 0.25) is 0 Å². The summed E-state index contributed by atoms with van der Waals surface area (Å²) in [6, 6.07) is 6.05. The quantitative estimate of drug-likeness (QED) is 0.635. The predicted molar refractivity (Wildman–Crippen MR) is 62.7 cm³/mol. The van der Waals surface area contributed by atoms with Gasteiger partial charge in [-0.3, -0.25) is 4.79 Å². The molecule has 6 heteroatoms. The van der Waals surface area contributed by atoms with Gasteiger partial charge in [0.15, 0.2) is 11.9 Å². The first-order valence-corrected chi connectivity index (χ1v) is 6.28. The smallest absolute Gasteiger partial charge is 0.298 e. The van der Waals surface area contributed by atoms with Crippen LogP contribution in [0.2, 0.25) is 0 Å². The lowest BCUT2D eigenvalue weighted by molar-refractivity contribution is -0.120. The van der Waals surface area contributed by atoms with E-state index in [2.05, 4.69) is 4.18 Å². The van der Waals surface area contributed by atoms with Gasteiger partial charge in [0, 0.05) is 6.21 Å². The Morgan fingerprint density at radius 3 is 2.29 bits per heavy atom. The SMILES string of the molecule is CC(=O)C(C=N)OS(=O)(=O)c1ccc(C)cc1. The molecule has 0 fully saturated rings. The fraction of sp³-hybridized carbons (Fsp3) is 0.273. The van der Waals surface area contributed by atoms with Crippen LogP contribution in [0.1, 0.15) is 12.5 Å². The molecule has 1 unspecified atom stereocenters. The van der Waals surface area contributed by atoms with Gasteiger partial charge in [0.1, 0.15) is 0 Å². The van der Waals surface area contributed by atoms with E-state index in [1.165, 1.54) is 19.1 Å². The zero-order chi connectivity index (χ0) is 13.1. The first kappa shape index (κ1) is 13.5. The number of Topliss-reactive ketones (excluding diaryl/α,β-unsaturated/α-hetero) is 1. The average Bonchev–Trinajstić information content (AvgIpc) is 2.26. The molecule has 1 aromatic rings. The first-order chi connectivity index (χ1) is 7.86. The summed E-state index contributed by atoms with van der Waals surface area (Å²) in [6.07, 6.45) is -0.699. The summed E-state index contributed by atoms with van der Waals surface area (Å²) in [6.45, 7) is 2.99. The molecule has 1 aromatic carbocycles. The van der Waals surface area contributed by atoms with Crippen LogP contribution in [0.4, 0.5) is 0 Å². The van der Waals surface area contributed by atoms with Crippen molar-refractivity contribution >= 4 is 22.1 Å². The highest BCUT2D eigenvalue weighted by Gasteiger charge is 2.23. The fourth-order valence-electron chi connectivity index (χ4n) is 1.11. The lowest BCUT2D eigenvalue weighted by Gasteiger charge is -2.10. The molecule has 1 rings (SSSR count). The third-order valence-electron chi connectivity index (χ3n) is 2.09. The second-order valence-electron chi connectivity index (χ2n) is 3.56. The van der Waals surface area contributed by atoms with E-state index in [0.717, 1.165) is 5.56 Å².